The first-order valence-corrected chi connectivity index (χ1v) is 7.09. The highest BCUT2D eigenvalue weighted by Crippen LogP contribution is 2.30. The van der Waals surface area contributed by atoms with Gasteiger partial charge in [0.1, 0.15) is 0 Å². The molecule has 0 saturated carbocycles. The van der Waals surface area contributed by atoms with E-state index < -0.39 is 0 Å². The van der Waals surface area contributed by atoms with Crippen LogP contribution in [-0.4, -0.2) is 29.7 Å². The Bertz CT molecular complexity index is 315. The van der Waals surface area contributed by atoms with Crippen LogP contribution in [-0.2, 0) is 6.54 Å². The summed E-state index contributed by atoms with van der Waals surface area (Å²) in [4.78, 5) is 2.48. The van der Waals surface area contributed by atoms with Crippen molar-refractivity contribution in [3.63, 3.8) is 0 Å². The van der Waals surface area contributed by atoms with Crippen LogP contribution in [0.4, 0.5) is 0 Å². The highest BCUT2D eigenvalue weighted by Gasteiger charge is 2.28. The van der Waals surface area contributed by atoms with Crippen molar-refractivity contribution >= 4 is 0 Å². The van der Waals surface area contributed by atoms with Crippen molar-refractivity contribution in [1.29, 1.82) is 0 Å². The average molecular weight is 249 g/mol. The Hall–Kier alpha value is -0.860. The van der Waals surface area contributed by atoms with Gasteiger partial charge in [-0.15, -0.1) is 0 Å². The molecule has 18 heavy (non-hydrogen) atoms. The number of hydrogen-bond acceptors (Lipinski definition) is 2. The minimum atomic E-state index is 0.160. The first-order valence-electron chi connectivity index (χ1n) is 7.09. The molecule has 1 N–H and O–H groups in total. The van der Waals surface area contributed by atoms with E-state index >= 15 is 0 Å². The first kappa shape index (κ1) is 15.2. The molecule has 0 radical (unpaired) electrons. The summed E-state index contributed by atoms with van der Waals surface area (Å²) < 4.78 is 0. The summed E-state index contributed by atoms with van der Waals surface area (Å²) in [5, 5.41) is 9.31. The topological polar surface area (TPSA) is 23.5 Å². The van der Waals surface area contributed by atoms with Gasteiger partial charge in [-0.05, 0) is 36.9 Å². The molecule has 0 unspecified atom stereocenters. The Labute approximate surface area is 112 Å². The van der Waals surface area contributed by atoms with Crippen LogP contribution in [0.15, 0.2) is 30.3 Å². The van der Waals surface area contributed by atoms with E-state index in [0.29, 0.717) is 6.61 Å². The van der Waals surface area contributed by atoms with E-state index in [4.69, 9.17) is 0 Å². The molecule has 1 aromatic carbocycles. The van der Waals surface area contributed by atoms with Gasteiger partial charge < -0.3 is 5.11 Å². The molecule has 0 amide bonds. The molecular weight excluding hydrogens is 222 g/mol. The lowest BCUT2D eigenvalue weighted by Crippen LogP contribution is -2.39. The van der Waals surface area contributed by atoms with Crippen LogP contribution in [0.2, 0.25) is 0 Å². The summed E-state index contributed by atoms with van der Waals surface area (Å²) >= 11 is 0. The zero-order chi connectivity index (χ0) is 13.4. The van der Waals surface area contributed by atoms with Gasteiger partial charge in [0.25, 0.3) is 0 Å². The standard InChI is InChI=1S/C14H21NO.C2H6/c1-14(12-16)7-9-15(10-8-14)11-13-5-3-2-4-6-13;1-2/h2-6,16H,7-12H2,1H3;1-2H3. The number of piperidine rings is 1. The van der Waals surface area contributed by atoms with Crippen LogP contribution in [0.1, 0.15) is 39.2 Å². The molecular formula is C16H27NO. The van der Waals surface area contributed by atoms with Crippen LogP contribution in [0, 0.1) is 5.41 Å². The van der Waals surface area contributed by atoms with Crippen molar-refractivity contribution in [3.8, 4) is 0 Å². The van der Waals surface area contributed by atoms with Crippen molar-refractivity contribution in [1.82, 2.24) is 4.90 Å². The van der Waals surface area contributed by atoms with Gasteiger partial charge in [-0.1, -0.05) is 51.1 Å². The predicted molar refractivity (Wildman–Crippen MR) is 77.5 cm³/mol. The minimum Gasteiger partial charge on any atom is -0.396 e. The fourth-order valence-electron chi connectivity index (χ4n) is 2.25. The van der Waals surface area contributed by atoms with Crippen LogP contribution in [0.5, 0.6) is 0 Å². The highest BCUT2D eigenvalue weighted by atomic mass is 16.3. The summed E-state index contributed by atoms with van der Waals surface area (Å²) in [5.74, 6) is 0. The normalized spacial score (nSPS) is 18.9. The second kappa shape index (κ2) is 7.55. The number of likely N-dealkylation sites (tertiary alicyclic amines) is 1. The zero-order valence-corrected chi connectivity index (χ0v) is 12.0. The van der Waals surface area contributed by atoms with Gasteiger partial charge in [-0.25, -0.2) is 0 Å². The fraction of sp³-hybridized carbons (Fsp3) is 0.625. The summed E-state index contributed by atoms with van der Waals surface area (Å²) in [7, 11) is 0. The lowest BCUT2D eigenvalue weighted by Gasteiger charge is -2.38. The summed E-state index contributed by atoms with van der Waals surface area (Å²) in [6.07, 6.45) is 2.21. The molecule has 1 aliphatic rings. The van der Waals surface area contributed by atoms with E-state index in [9.17, 15) is 5.11 Å². The van der Waals surface area contributed by atoms with Crippen molar-refractivity contribution in [2.24, 2.45) is 5.41 Å². The second-order valence-electron chi connectivity index (χ2n) is 5.23. The molecule has 0 spiro atoms. The predicted octanol–water partition coefficient (Wildman–Crippen LogP) is 3.31. The van der Waals surface area contributed by atoms with Crippen LogP contribution in [0.25, 0.3) is 0 Å². The Morgan fingerprint density at radius 1 is 1.11 bits per heavy atom. The van der Waals surface area contributed by atoms with E-state index in [1.165, 1.54) is 5.56 Å². The molecule has 1 aromatic rings. The molecule has 2 heteroatoms. The van der Waals surface area contributed by atoms with Crippen LogP contribution in [0.3, 0.4) is 0 Å². The third-order valence-electron chi connectivity index (χ3n) is 3.69. The minimum absolute atomic E-state index is 0.160. The Morgan fingerprint density at radius 3 is 2.17 bits per heavy atom. The van der Waals surface area contributed by atoms with Gasteiger partial charge in [0.15, 0.2) is 0 Å². The van der Waals surface area contributed by atoms with Crippen LogP contribution < -0.4 is 0 Å². The number of benzene rings is 1. The molecule has 102 valence electrons. The Balaban J connectivity index is 0.000000771. The SMILES string of the molecule is CC.CC1(CO)CCN(Cc2ccccc2)CC1. The lowest BCUT2D eigenvalue weighted by molar-refractivity contribution is 0.0557. The van der Waals surface area contributed by atoms with Crippen molar-refractivity contribution in [2.45, 2.75) is 40.2 Å². The van der Waals surface area contributed by atoms with E-state index in [-0.39, 0.29) is 5.41 Å². The van der Waals surface area contributed by atoms with Gasteiger partial charge in [0, 0.05) is 13.2 Å². The summed E-state index contributed by atoms with van der Waals surface area (Å²) in [5.41, 5.74) is 1.54. The second-order valence-corrected chi connectivity index (χ2v) is 5.23. The molecule has 1 fully saturated rings. The van der Waals surface area contributed by atoms with Crippen LogP contribution >= 0.6 is 0 Å². The maximum atomic E-state index is 9.31. The third kappa shape index (κ3) is 4.43. The molecule has 0 aromatic heterocycles. The third-order valence-corrected chi connectivity index (χ3v) is 3.69. The van der Waals surface area contributed by atoms with Gasteiger partial charge >= 0.3 is 0 Å². The largest absolute Gasteiger partial charge is 0.396 e. The molecule has 1 saturated heterocycles. The van der Waals surface area contributed by atoms with E-state index in [1.54, 1.807) is 0 Å². The maximum Gasteiger partial charge on any atom is 0.0485 e. The molecule has 1 heterocycles. The van der Waals surface area contributed by atoms with Crippen molar-refractivity contribution in [3.05, 3.63) is 35.9 Å². The van der Waals surface area contributed by atoms with E-state index in [0.717, 1.165) is 32.5 Å². The quantitative estimate of drug-likeness (QED) is 0.888. The highest BCUT2D eigenvalue weighted by molar-refractivity contribution is 5.14. The van der Waals surface area contributed by atoms with Gasteiger partial charge in [0.05, 0.1) is 0 Å². The summed E-state index contributed by atoms with van der Waals surface area (Å²) in [6, 6.07) is 10.6. The van der Waals surface area contributed by atoms with E-state index in [1.807, 2.05) is 13.8 Å². The average Bonchev–Trinajstić information content (AvgIpc) is 2.45. The number of hydrogen-bond donors (Lipinski definition) is 1. The molecule has 1 aliphatic heterocycles. The Kier molecular flexibility index (Phi) is 6.37. The smallest absolute Gasteiger partial charge is 0.0485 e. The molecule has 0 atom stereocenters. The van der Waals surface area contributed by atoms with Crippen molar-refractivity contribution < 1.29 is 5.11 Å². The Morgan fingerprint density at radius 2 is 1.67 bits per heavy atom. The first-order chi connectivity index (χ1) is 8.72. The maximum absolute atomic E-state index is 9.31. The van der Waals surface area contributed by atoms with Gasteiger partial charge in [-0.3, -0.25) is 4.90 Å². The molecule has 2 nitrogen and oxygen atoms in total. The lowest BCUT2D eigenvalue weighted by atomic mass is 9.81. The van der Waals surface area contributed by atoms with Gasteiger partial charge in [0.2, 0.25) is 0 Å². The molecule has 0 aliphatic carbocycles. The van der Waals surface area contributed by atoms with Crippen molar-refractivity contribution in [2.75, 3.05) is 19.7 Å². The summed E-state index contributed by atoms with van der Waals surface area (Å²) in [6.45, 7) is 9.76. The van der Waals surface area contributed by atoms with Gasteiger partial charge in [-0.2, -0.15) is 0 Å². The number of rotatable bonds is 3. The number of nitrogens with zero attached hydrogens (tertiary/aromatic N) is 1. The zero-order valence-electron chi connectivity index (χ0n) is 12.0. The number of aliphatic hydroxyl groups is 1. The molecule has 2 rings (SSSR count). The monoisotopic (exact) mass is 249 g/mol. The molecule has 0 bridgehead atoms. The fourth-order valence-corrected chi connectivity index (χ4v) is 2.25. The van der Waals surface area contributed by atoms with E-state index in [2.05, 4.69) is 42.2 Å². The number of aliphatic hydroxyl groups excluding tert-OH is 1.